The van der Waals surface area contributed by atoms with Crippen LogP contribution in [-0.2, 0) is 13.6 Å². The number of nitrogens with zero attached hydrogens (tertiary/aromatic N) is 5. The van der Waals surface area contributed by atoms with Gasteiger partial charge in [-0.05, 0) is 24.6 Å². The minimum atomic E-state index is -0.353. The van der Waals surface area contributed by atoms with Crippen molar-refractivity contribution in [3.63, 3.8) is 0 Å². The number of hydrogen-bond donors (Lipinski definition) is 2. The van der Waals surface area contributed by atoms with Crippen molar-refractivity contribution in [2.24, 2.45) is 7.05 Å². The Morgan fingerprint density at radius 2 is 2.25 bits per heavy atom. The lowest BCUT2D eigenvalue weighted by Crippen LogP contribution is -2.54. The Labute approximate surface area is 140 Å². The summed E-state index contributed by atoms with van der Waals surface area (Å²) >= 11 is 0. The highest BCUT2D eigenvalue weighted by Crippen LogP contribution is 2.32. The average molecular weight is 324 g/mol. The quantitative estimate of drug-likeness (QED) is 0.736. The second-order valence-electron chi connectivity index (χ2n) is 6.19. The molecule has 3 aromatic rings. The zero-order chi connectivity index (χ0) is 16.5. The van der Waals surface area contributed by atoms with Crippen LogP contribution in [0.25, 0.3) is 11.3 Å². The van der Waals surface area contributed by atoms with E-state index in [1.165, 1.54) is 0 Å². The van der Waals surface area contributed by atoms with Crippen LogP contribution in [0.4, 0.5) is 0 Å². The molecule has 1 aliphatic carbocycles. The Morgan fingerprint density at radius 3 is 2.96 bits per heavy atom. The van der Waals surface area contributed by atoms with Crippen LogP contribution >= 0.6 is 0 Å². The van der Waals surface area contributed by atoms with E-state index in [9.17, 15) is 5.11 Å². The number of nitrogens with one attached hydrogen (secondary N) is 1. The van der Waals surface area contributed by atoms with Crippen LogP contribution in [0.2, 0.25) is 0 Å². The van der Waals surface area contributed by atoms with E-state index in [1.54, 1.807) is 12.4 Å². The molecule has 7 heteroatoms. The molecule has 0 unspecified atom stereocenters. The third-order valence-electron chi connectivity index (χ3n) is 4.53. The maximum absolute atomic E-state index is 10.1. The van der Waals surface area contributed by atoms with Crippen molar-refractivity contribution < 1.29 is 5.11 Å². The van der Waals surface area contributed by atoms with Crippen molar-refractivity contribution in [1.82, 2.24) is 29.9 Å². The first kappa shape index (κ1) is 15.0. The smallest absolute Gasteiger partial charge is 0.0983 e. The van der Waals surface area contributed by atoms with E-state index in [4.69, 9.17) is 0 Å². The molecular formula is C17H20N6O. The summed E-state index contributed by atoms with van der Waals surface area (Å²) in [6.07, 6.45) is 9.62. The summed E-state index contributed by atoms with van der Waals surface area (Å²) in [6.45, 7) is 0.688. The zero-order valence-corrected chi connectivity index (χ0v) is 13.4. The van der Waals surface area contributed by atoms with E-state index in [0.29, 0.717) is 6.54 Å². The van der Waals surface area contributed by atoms with Crippen LogP contribution in [0.15, 0.2) is 49.2 Å². The first-order valence-electron chi connectivity index (χ1n) is 8.06. The Kier molecular flexibility index (Phi) is 3.87. The fraction of sp³-hybridized carbons (Fsp3) is 0.353. The monoisotopic (exact) mass is 324 g/mol. The van der Waals surface area contributed by atoms with Gasteiger partial charge in [0.2, 0.25) is 0 Å². The van der Waals surface area contributed by atoms with Gasteiger partial charge in [-0.2, -0.15) is 10.2 Å². The number of aliphatic hydroxyl groups excluding tert-OH is 1. The number of pyridine rings is 1. The molecule has 0 aliphatic heterocycles. The van der Waals surface area contributed by atoms with Crippen molar-refractivity contribution in [1.29, 1.82) is 0 Å². The third kappa shape index (κ3) is 2.72. The van der Waals surface area contributed by atoms with E-state index in [0.717, 1.165) is 23.2 Å². The lowest BCUT2D eigenvalue weighted by molar-refractivity contribution is -0.00820. The maximum atomic E-state index is 10.1. The first-order valence-corrected chi connectivity index (χ1v) is 8.06. The molecule has 4 rings (SSSR count). The van der Waals surface area contributed by atoms with E-state index in [2.05, 4.69) is 20.5 Å². The molecule has 2 N–H and O–H groups in total. The van der Waals surface area contributed by atoms with Crippen LogP contribution in [0.5, 0.6) is 0 Å². The number of aliphatic hydroxyl groups is 1. The SMILES string of the molecule is Cn1cc(CN[C@H]2C[C@@H](O)[C@@H]2n2cccn2)c(-c2cccnc2)n1. The summed E-state index contributed by atoms with van der Waals surface area (Å²) < 4.78 is 3.65. The Morgan fingerprint density at radius 1 is 1.33 bits per heavy atom. The predicted octanol–water partition coefficient (Wildman–Crippen LogP) is 1.14. The van der Waals surface area contributed by atoms with Gasteiger partial charge in [-0.1, -0.05) is 0 Å². The number of aryl methyl sites for hydroxylation is 1. The molecule has 0 aromatic carbocycles. The zero-order valence-electron chi connectivity index (χ0n) is 13.4. The van der Waals surface area contributed by atoms with Crippen molar-refractivity contribution >= 4 is 0 Å². The first-order chi connectivity index (χ1) is 11.7. The standard InChI is InChI=1S/C17H20N6O/c1-22-11-13(16(21-22)12-4-2-5-18-9-12)10-19-14-8-15(24)17(14)23-7-3-6-20-23/h2-7,9,11,14-15,17,19,24H,8,10H2,1H3/t14-,15+,17+/m0/s1. The summed E-state index contributed by atoms with van der Waals surface area (Å²) in [4.78, 5) is 4.18. The van der Waals surface area contributed by atoms with E-state index in [-0.39, 0.29) is 18.2 Å². The summed E-state index contributed by atoms with van der Waals surface area (Å²) in [5.41, 5.74) is 3.06. The minimum Gasteiger partial charge on any atom is -0.391 e. The molecule has 7 nitrogen and oxygen atoms in total. The molecule has 124 valence electrons. The minimum absolute atomic E-state index is 0.0153. The normalized spacial score (nSPS) is 23.2. The van der Waals surface area contributed by atoms with Crippen LogP contribution in [0.1, 0.15) is 18.0 Å². The largest absolute Gasteiger partial charge is 0.391 e. The fourth-order valence-corrected chi connectivity index (χ4v) is 3.29. The molecular weight excluding hydrogens is 304 g/mol. The maximum Gasteiger partial charge on any atom is 0.0983 e. The van der Waals surface area contributed by atoms with Gasteiger partial charge in [0, 0.05) is 61.7 Å². The molecule has 3 atom stereocenters. The molecule has 1 fully saturated rings. The third-order valence-corrected chi connectivity index (χ3v) is 4.53. The van der Waals surface area contributed by atoms with Gasteiger partial charge >= 0.3 is 0 Å². The van der Waals surface area contributed by atoms with Gasteiger partial charge in [0.05, 0.1) is 17.8 Å². The molecule has 0 spiro atoms. The van der Waals surface area contributed by atoms with E-state index in [1.807, 2.05) is 53.2 Å². The highest BCUT2D eigenvalue weighted by molar-refractivity contribution is 5.61. The molecule has 3 heterocycles. The number of rotatable bonds is 5. The van der Waals surface area contributed by atoms with E-state index < -0.39 is 0 Å². The second kappa shape index (κ2) is 6.18. The number of hydrogen-bond acceptors (Lipinski definition) is 5. The van der Waals surface area contributed by atoms with Gasteiger partial charge in [-0.3, -0.25) is 14.3 Å². The average Bonchev–Trinajstić information content (AvgIpc) is 3.21. The molecule has 24 heavy (non-hydrogen) atoms. The number of aromatic nitrogens is 5. The summed E-state index contributed by atoms with van der Waals surface area (Å²) in [5, 5.41) is 22.4. The van der Waals surface area contributed by atoms with Crippen molar-refractivity contribution in [3.8, 4) is 11.3 Å². The van der Waals surface area contributed by atoms with Gasteiger partial charge in [0.25, 0.3) is 0 Å². The lowest BCUT2D eigenvalue weighted by atomic mass is 9.83. The molecule has 0 saturated heterocycles. The van der Waals surface area contributed by atoms with Crippen molar-refractivity contribution in [2.75, 3.05) is 0 Å². The topological polar surface area (TPSA) is 80.8 Å². The Hall–Kier alpha value is -2.51. The van der Waals surface area contributed by atoms with Gasteiger partial charge in [0.1, 0.15) is 0 Å². The van der Waals surface area contributed by atoms with Gasteiger partial charge in [0.15, 0.2) is 0 Å². The molecule has 3 aromatic heterocycles. The predicted molar refractivity (Wildman–Crippen MR) is 89.0 cm³/mol. The van der Waals surface area contributed by atoms with Crippen LogP contribution in [0, 0.1) is 0 Å². The second-order valence-corrected chi connectivity index (χ2v) is 6.19. The van der Waals surface area contributed by atoms with Gasteiger partial charge in [-0.25, -0.2) is 0 Å². The van der Waals surface area contributed by atoms with Gasteiger partial charge < -0.3 is 10.4 Å². The van der Waals surface area contributed by atoms with Crippen molar-refractivity contribution in [2.45, 2.75) is 31.2 Å². The summed E-state index contributed by atoms with van der Waals surface area (Å²) in [5.74, 6) is 0. The lowest BCUT2D eigenvalue weighted by Gasteiger charge is -2.42. The Balaban J connectivity index is 1.49. The summed E-state index contributed by atoms with van der Waals surface area (Å²) in [6, 6.07) is 5.99. The van der Waals surface area contributed by atoms with Gasteiger partial charge in [-0.15, -0.1) is 0 Å². The molecule has 1 saturated carbocycles. The van der Waals surface area contributed by atoms with E-state index >= 15 is 0 Å². The molecule has 0 amide bonds. The van der Waals surface area contributed by atoms with Crippen LogP contribution in [0.3, 0.4) is 0 Å². The summed E-state index contributed by atoms with van der Waals surface area (Å²) in [7, 11) is 1.92. The highest BCUT2D eigenvalue weighted by atomic mass is 16.3. The molecule has 0 radical (unpaired) electrons. The Bertz CT molecular complexity index is 798. The molecule has 1 aliphatic rings. The molecule has 0 bridgehead atoms. The van der Waals surface area contributed by atoms with Crippen LogP contribution < -0.4 is 5.32 Å². The van der Waals surface area contributed by atoms with Crippen molar-refractivity contribution in [3.05, 3.63) is 54.7 Å². The highest BCUT2D eigenvalue weighted by Gasteiger charge is 2.41. The van der Waals surface area contributed by atoms with Crippen LogP contribution in [-0.4, -0.2) is 41.8 Å². The fourth-order valence-electron chi connectivity index (χ4n) is 3.29.